The van der Waals surface area contributed by atoms with Gasteiger partial charge in [0.25, 0.3) is 5.91 Å². The number of hydrogen-bond donors (Lipinski definition) is 2. The van der Waals surface area contributed by atoms with Gasteiger partial charge in [-0.3, -0.25) is 10.1 Å². The molecule has 0 bridgehead atoms. The quantitative estimate of drug-likeness (QED) is 0.652. The maximum absolute atomic E-state index is 12.3. The molecule has 0 fully saturated rings. The van der Waals surface area contributed by atoms with Crippen LogP contribution >= 0.6 is 28.1 Å². The van der Waals surface area contributed by atoms with E-state index in [0.717, 1.165) is 15.8 Å². The second-order valence-corrected chi connectivity index (χ2v) is 7.74. The molecule has 2 aromatic carbocycles. The Labute approximate surface area is 168 Å². The minimum Gasteiger partial charge on any atom is -0.492 e. The summed E-state index contributed by atoms with van der Waals surface area (Å²) in [4.78, 5) is 12.3. The summed E-state index contributed by atoms with van der Waals surface area (Å²) in [6.07, 6.45) is 0. The normalized spacial score (nSPS) is 10.5. The van der Waals surface area contributed by atoms with E-state index in [4.69, 9.17) is 17.0 Å². The Hall–Kier alpha value is -1.92. The summed E-state index contributed by atoms with van der Waals surface area (Å²) in [6, 6.07) is 13.4. The van der Waals surface area contributed by atoms with Gasteiger partial charge in [0.05, 0.1) is 11.1 Å². The monoisotopic (exact) mass is 434 g/mol. The third-order valence-electron chi connectivity index (χ3n) is 3.57. The van der Waals surface area contributed by atoms with Crippen molar-refractivity contribution in [1.82, 2.24) is 10.6 Å². The smallest absolute Gasteiger partial charge is 0.257 e. The van der Waals surface area contributed by atoms with Crippen molar-refractivity contribution in [3.8, 4) is 5.75 Å². The van der Waals surface area contributed by atoms with E-state index in [2.05, 4.69) is 40.4 Å². The second-order valence-electron chi connectivity index (χ2n) is 6.47. The molecule has 0 aromatic heterocycles. The summed E-state index contributed by atoms with van der Waals surface area (Å²) >= 11 is 8.65. The van der Waals surface area contributed by atoms with Crippen LogP contribution in [0.5, 0.6) is 5.75 Å². The lowest BCUT2D eigenvalue weighted by atomic mass is 10.1. The van der Waals surface area contributed by atoms with Gasteiger partial charge in [0.2, 0.25) is 0 Å². The number of thiocarbonyl (C=S) groups is 1. The van der Waals surface area contributed by atoms with Crippen molar-refractivity contribution in [2.24, 2.45) is 5.92 Å². The molecule has 0 aliphatic heterocycles. The average molecular weight is 435 g/mol. The second kappa shape index (κ2) is 9.69. The van der Waals surface area contributed by atoms with Gasteiger partial charge in [0.15, 0.2) is 5.11 Å². The number of ether oxygens (including phenoxy) is 1. The lowest BCUT2D eigenvalue weighted by Gasteiger charge is -2.12. The van der Waals surface area contributed by atoms with Crippen molar-refractivity contribution < 1.29 is 9.53 Å². The zero-order chi connectivity index (χ0) is 19.1. The molecule has 0 saturated carbocycles. The van der Waals surface area contributed by atoms with Gasteiger partial charge in [-0.05, 0) is 64.8 Å². The predicted molar refractivity (Wildman–Crippen MR) is 113 cm³/mol. The van der Waals surface area contributed by atoms with Crippen LogP contribution in [0.1, 0.15) is 35.3 Å². The fourth-order valence-electron chi connectivity index (χ4n) is 2.12. The van der Waals surface area contributed by atoms with Gasteiger partial charge in [-0.15, -0.1) is 0 Å². The molecule has 1 amide bonds. The molecule has 0 radical (unpaired) electrons. The van der Waals surface area contributed by atoms with Crippen molar-refractivity contribution in [2.45, 2.75) is 27.3 Å². The molecule has 0 spiro atoms. The van der Waals surface area contributed by atoms with E-state index in [9.17, 15) is 4.79 Å². The van der Waals surface area contributed by atoms with Crippen LogP contribution in [0.3, 0.4) is 0 Å². The van der Waals surface area contributed by atoms with Crippen molar-refractivity contribution in [3.05, 3.63) is 63.6 Å². The summed E-state index contributed by atoms with van der Waals surface area (Å²) in [6.45, 7) is 7.39. The number of aryl methyl sites for hydroxylation is 1. The summed E-state index contributed by atoms with van der Waals surface area (Å²) < 4.78 is 6.43. The first-order valence-corrected chi connectivity index (χ1v) is 9.62. The van der Waals surface area contributed by atoms with Crippen molar-refractivity contribution in [2.75, 3.05) is 6.61 Å². The molecule has 4 nitrogen and oxygen atoms in total. The van der Waals surface area contributed by atoms with Crippen LogP contribution in [0.4, 0.5) is 0 Å². The minimum absolute atomic E-state index is 0.262. The zero-order valence-corrected chi connectivity index (χ0v) is 17.5. The van der Waals surface area contributed by atoms with E-state index >= 15 is 0 Å². The van der Waals surface area contributed by atoms with Gasteiger partial charge in [-0.25, -0.2) is 0 Å². The average Bonchev–Trinajstić information content (AvgIpc) is 2.60. The third-order valence-corrected chi connectivity index (χ3v) is 4.43. The van der Waals surface area contributed by atoms with Crippen molar-refractivity contribution in [3.63, 3.8) is 0 Å². The lowest BCUT2D eigenvalue weighted by molar-refractivity contribution is 0.0976. The summed E-state index contributed by atoms with van der Waals surface area (Å²) in [5.74, 6) is 0.889. The molecule has 0 atom stereocenters. The first-order chi connectivity index (χ1) is 12.3. The molecule has 0 aliphatic rings. The molecule has 0 heterocycles. The van der Waals surface area contributed by atoms with Crippen LogP contribution in [-0.4, -0.2) is 17.6 Å². The van der Waals surface area contributed by atoms with E-state index in [-0.39, 0.29) is 5.91 Å². The first kappa shape index (κ1) is 20.4. The highest BCUT2D eigenvalue weighted by Gasteiger charge is 2.11. The Bertz CT molecular complexity index is 776. The van der Waals surface area contributed by atoms with Crippen LogP contribution < -0.4 is 15.4 Å². The van der Waals surface area contributed by atoms with Gasteiger partial charge < -0.3 is 10.1 Å². The molecule has 138 valence electrons. The summed E-state index contributed by atoms with van der Waals surface area (Å²) in [7, 11) is 0. The number of halogens is 1. The molecule has 26 heavy (non-hydrogen) atoms. The topological polar surface area (TPSA) is 50.4 Å². The Morgan fingerprint density at radius 1 is 1.19 bits per heavy atom. The SMILES string of the molecule is Cc1ccc(CNC(=S)NC(=O)c2ccc(OCC(C)C)c(Br)c2)cc1. The molecule has 0 saturated heterocycles. The fraction of sp³-hybridized carbons (Fsp3) is 0.300. The van der Waals surface area contributed by atoms with Crippen LogP contribution in [0.2, 0.25) is 0 Å². The maximum Gasteiger partial charge on any atom is 0.257 e. The van der Waals surface area contributed by atoms with E-state index < -0.39 is 0 Å². The molecule has 0 unspecified atom stereocenters. The van der Waals surface area contributed by atoms with Gasteiger partial charge in [-0.2, -0.15) is 0 Å². The number of benzene rings is 2. The van der Waals surface area contributed by atoms with Crippen molar-refractivity contribution >= 4 is 39.2 Å². The minimum atomic E-state index is -0.262. The Morgan fingerprint density at radius 2 is 1.88 bits per heavy atom. The Morgan fingerprint density at radius 3 is 2.50 bits per heavy atom. The van der Waals surface area contributed by atoms with E-state index in [0.29, 0.717) is 29.7 Å². The fourth-order valence-corrected chi connectivity index (χ4v) is 2.78. The molecular formula is C20H23BrN2O2S. The molecule has 2 aromatic rings. The van der Waals surface area contributed by atoms with Crippen molar-refractivity contribution in [1.29, 1.82) is 0 Å². The van der Waals surface area contributed by atoms with Crippen LogP contribution in [0.25, 0.3) is 0 Å². The summed E-state index contributed by atoms with van der Waals surface area (Å²) in [5.41, 5.74) is 2.81. The highest BCUT2D eigenvalue weighted by atomic mass is 79.9. The number of nitrogens with one attached hydrogen (secondary N) is 2. The Balaban J connectivity index is 1.89. The molecule has 2 N–H and O–H groups in total. The molecule has 2 rings (SSSR count). The van der Waals surface area contributed by atoms with E-state index in [1.165, 1.54) is 5.56 Å². The van der Waals surface area contributed by atoms with Crippen LogP contribution in [-0.2, 0) is 6.54 Å². The largest absolute Gasteiger partial charge is 0.492 e. The highest BCUT2D eigenvalue weighted by Crippen LogP contribution is 2.26. The maximum atomic E-state index is 12.3. The molecule has 0 aliphatic carbocycles. The number of carbonyl (C=O) groups excluding carboxylic acids is 1. The highest BCUT2D eigenvalue weighted by molar-refractivity contribution is 9.10. The molecule has 6 heteroatoms. The first-order valence-electron chi connectivity index (χ1n) is 8.42. The number of amides is 1. The lowest BCUT2D eigenvalue weighted by Crippen LogP contribution is -2.38. The van der Waals surface area contributed by atoms with Crippen LogP contribution in [0, 0.1) is 12.8 Å². The van der Waals surface area contributed by atoms with Gasteiger partial charge in [0.1, 0.15) is 5.75 Å². The summed E-state index contributed by atoms with van der Waals surface area (Å²) in [5, 5.41) is 6.03. The zero-order valence-electron chi connectivity index (χ0n) is 15.1. The van der Waals surface area contributed by atoms with Gasteiger partial charge in [-0.1, -0.05) is 43.7 Å². The van der Waals surface area contributed by atoms with Gasteiger partial charge >= 0.3 is 0 Å². The van der Waals surface area contributed by atoms with E-state index in [1.807, 2.05) is 31.2 Å². The predicted octanol–water partition coefficient (Wildman–Crippen LogP) is 4.60. The molecular weight excluding hydrogens is 412 g/mol. The third kappa shape index (κ3) is 6.42. The number of hydrogen-bond acceptors (Lipinski definition) is 3. The number of carbonyl (C=O) groups is 1. The van der Waals surface area contributed by atoms with E-state index in [1.54, 1.807) is 18.2 Å². The van der Waals surface area contributed by atoms with Crippen LogP contribution in [0.15, 0.2) is 46.9 Å². The standard InChI is InChI=1S/C20H23BrN2O2S/c1-13(2)12-25-18-9-8-16(10-17(18)21)19(24)23-20(26)22-11-15-6-4-14(3)5-7-15/h4-10,13H,11-12H2,1-3H3,(H2,22,23,24,26). The Kier molecular flexibility index (Phi) is 7.60. The number of rotatable bonds is 6. The van der Waals surface area contributed by atoms with Gasteiger partial charge in [0, 0.05) is 12.1 Å².